The summed E-state index contributed by atoms with van der Waals surface area (Å²) in [4.78, 5) is 101. The number of phenolic OH excluding ortho intramolecular Hbond substituents is 1. The van der Waals surface area contributed by atoms with Crippen LogP contribution in [0.5, 0.6) is 5.75 Å². The van der Waals surface area contributed by atoms with Gasteiger partial charge in [-0.2, -0.15) is 0 Å². The lowest BCUT2D eigenvalue weighted by Crippen LogP contribution is -2.61. The Labute approximate surface area is 350 Å². The first kappa shape index (κ1) is 48.9. The molecule has 0 unspecified atom stereocenters. The first-order valence-electron chi connectivity index (χ1n) is 20.6. The molecular formula is C40H64N10O10. The lowest BCUT2D eigenvalue weighted by molar-refractivity contribution is -0.145. The highest BCUT2D eigenvalue weighted by Gasteiger charge is 2.43. The Hall–Kier alpha value is -5.50. The molecule has 2 aliphatic rings. The first-order valence-corrected chi connectivity index (χ1v) is 20.6. The van der Waals surface area contributed by atoms with E-state index in [9.17, 15) is 48.9 Å². The van der Waals surface area contributed by atoms with E-state index in [4.69, 9.17) is 17.2 Å². The molecule has 0 aromatic heterocycles. The molecule has 6 amide bonds. The molecule has 0 aliphatic carbocycles. The highest BCUT2D eigenvalue weighted by molar-refractivity contribution is 5.97. The summed E-state index contributed by atoms with van der Waals surface area (Å²) >= 11 is 0. The maximum absolute atomic E-state index is 14.2. The van der Waals surface area contributed by atoms with E-state index >= 15 is 0 Å². The van der Waals surface area contributed by atoms with E-state index in [1.165, 1.54) is 28.9 Å². The molecule has 2 fully saturated rings. The first-order chi connectivity index (χ1) is 28.3. The Morgan fingerprint density at radius 3 is 1.83 bits per heavy atom. The highest BCUT2D eigenvalue weighted by atomic mass is 16.4. The summed E-state index contributed by atoms with van der Waals surface area (Å²) in [6.45, 7) is 8.93. The number of nitrogens with one attached hydrogen (secondary N) is 4. The topological polar surface area (TPSA) is 325 Å². The molecule has 1 aromatic carbocycles. The van der Waals surface area contributed by atoms with Gasteiger partial charge in [-0.3, -0.25) is 33.8 Å². The number of carbonyl (C=O) groups excluding carboxylic acids is 6. The number of benzene rings is 1. The zero-order chi connectivity index (χ0) is 44.8. The Kier molecular flexibility index (Phi) is 18.5. The number of nitrogens with zero attached hydrogens (tertiary/aromatic N) is 3. The predicted octanol–water partition coefficient (Wildman–Crippen LogP) is -1.60. The largest absolute Gasteiger partial charge is 0.508 e. The monoisotopic (exact) mass is 844 g/mol. The fourth-order valence-electron chi connectivity index (χ4n) is 7.28. The smallest absolute Gasteiger partial charge is 0.326 e. The lowest BCUT2D eigenvalue weighted by Gasteiger charge is -2.34. The highest BCUT2D eigenvalue weighted by Crippen LogP contribution is 2.24. The third-order valence-electron chi connectivity index (χ3n) is 11.1. The van der Waals surface area contributed by atoms with Crippen LogP contribution in [-0.4, -0.2) is 141 Å². The molecule has 1 aromatic rings. The Morgan fingerprint density at radius 2 is 1.33 bits per heavy atom. The summed E-state index contributed by atoms with van der Waals surface area (Å²) in [5.41, 5.74) is 17.1. The molecule has 9 atom stereocenters. The van der Waals surface area contributed by atoms with Crippen molar-refractivity contribution in [2.75, 3.05) is 19.6 Å². The molecule has 20 heteroatoms. The second kappa shape index (κ2) is 22.8. The molecule has 0 spiro atoms. The molecule has 334 valence electrons. The van der Waals surface area contributed by atoms with Gasteiger partial charge in [0.15, 0.2) is 5.96 Å². The molecule has 0 bridgehead atoms. The number of aliphatic imine (C=N–C) groups is 1. The molecule has 0 saturated carbocycles. The standard InChI is InChI=1S/C40H64N10O10/c1-6-22(4)32(36(56)45-26(39(59)60)10-7-17-44-40(42)43)48-34(54)29-12-9-19-50(29)38(58)31(21(2)3)47-33(53)28-11-8-18-49(28)37(57)27(46-35(55)30(41)23(5)51)20-24-13-15-25(52)16-14-24/h13-16,21-23,26-32,51-52H,6-12,17-20,41H2,1-5H3,(H,45,56)(H,46,55)(H,47,53)(H,48,54)(H,59,60)(H4,42,43,44)/t22-,23+,26-,27-,28-,29-,30-,31-,32-/m0/s1. The lowest BCUT2D eigenvalue weighted by atomic mass is 9.97. The number of guanidine groups is 1. The summed E-state index contributed by atoms with van der Waals surface area (Å²) in [5.74, 6) is -6.00. The fourth-order valence-corrected chi connectivity index (χ4v) is 7.28. The maximum Gasteiger partial charge on any atom is 0.326 e. The number of aromatic hydroxyl groups is 1. The quantitative estimate of drug-likeness (QED) is 0.0380. The van der Waals surface area contributed by atoms with Gasteiger partial charge in [-0.05, 0) is 75.0 Å². The summed E-state index contributed by atoms with van der Waals surface area (Å²) < 4.78 is 0. The van der Waals surface area contributed by atoms with Gasteiger partial charge in [0.1, 0.15) is 48.0 Å². The van der Waals surface area contributed by atoms with Crippen molar-refractivity contribution in [1.82, 2.24) is 31.1 Å². The van der Waals surface area contributed by atoms with Crippen molar-refractivity contribution < 1.29 is 48.9 Å². The van der Waals surface area contributed by atoms with Gasteiger partial charge in [0, 0.05) is 26.1 Å². The average molecular weight is 845 g/mol. The summed E-state index contributed by atoms with van der Waals surface area (Å²) in [5, 5.41) is 40.2. The molecule has 3 rings (SSSR count). The summed E-state index contributed by atoms with van der Waals surface area (Å²) in [6, 6.07) is -1.91. The van der Waals surface area contributed by atoms with E-state index in [0.717, 1.165) is 0 Å². The van der Waals surface area contributed by atoms with E-state index < -0.39 is 102 Å². The Bertz CT molecular complexity index is 1700. The number of aliphatic hydroxyl groups is 1. The molecule has 0 radical (unpaired) electrons. The second-order valence-corrected chi connectivity index (χ2v) is 16.0. The number of hydrogen-bond donors (Lipinski definition) is 10. The van der Waals surface area contributed by atoms with Gasteiger partial charge in [0.2, 0.25) is 35.4 Å². The molecule has 2 saturated heterocycles. The molecule has 2 heterocycles. The minimum absolute atomic E-state index is 0.00564. The van der Waals surface area contributed by atoms with E-state index in [1.54, 1.807) is 32.9 Å². The summed E-state index contributed by atoms with van der Waals surface area (Å²) in [6.07, 6.45) is 1.05. The third kappa shape index (κ3) is 13.5. The van der Waals surface area contributed by atoms with Crippen LogP contribution in [0.25, 0.3) is 0 Å². The fraction of sp³-hybridized carbons (Fsp3) is 0.650. The number of aliphatic hydroxyl groups excluding tert-OH is 1. The van der Waals surface area contributed by atoms with E-state index in [0.29, 0.717) is 24.8 Å². The molecular weight excluding hydrogens is 780 g/mol. The van der Waals surface area contributed by atoms with Gasteiger partial charge in [-0.25, -0.2) is 4.79 Å². The van der Waals surface area contributed by atoms with Crippen LogP contribution in [0.15, 0.2) is 29.3 Å². The number of aliphatic carboxylic acids is 1. The second-order valence-electron chi connectivity index (χ2n) is 16.0. The average Bonchev–Trinajstić information content (AvgIpc) is 3.90. The number of carboxylic acids is 1. The number of nitrogens with two attached hydrogens (primary N) is 3. The Morgan fingerprint density at radius 1 is 0.800 bits per heavy atom. The molecule has 2 aliphatic heterocycles. The van der Waals surface area contributed by atoms with Gasteiger partial charge >= 0.3 is 5.97 Å². The normalized spacial score (nSPS) is 19.9. The van der Waals surface area contributed by atoms with E-state index in [2.05, 4.69) is 26.3 Å². The van der Waals surface area contributed by atoms with Gasteiger partial charge in [-0.15, -0.1) is 0 Å². The minimum Gasteiger partial charge on any atom is -0.508 e. The van der Waals surface area contributed by atoms with Gasteiger partial charge in [0.25, 0.3) is 0 Å². The molecule has 60 heavy (non-hydrogen) atoms. The number of likely N-dealkylation sites (tertiary alicyclic amines) is 2. The van der Waals surface area contributed by atoms with Crippen molar-refractivity contribution in [1.29, 1.82) is 0 Å². The zero-order valence-electron chi connectivity index (χ0n) is 35.1. The number of carbonyl (C=O) groups is 7. The van der Waals surface area contributed by atoms with Crippen LogP contribution in [0.4, 0.5) is 0 Å². The predicted molar refractivity (Wildman–Crippen MR) is 220 cm³/mol. The molecule has 13 N–H and O–H groups in total. The van der Waals surface area contributed by atoms with Crippen molar-refractivity contribution >= 4 is 47.4 Å². The van der Waals surface area contributed by atoms with Crippen molar-refractivity contribution in [3.8, 4) is 5.75 Å². The minimum atomic E-state index is -1.33. The van der Waals surface area contributed by atoms with Crippen molar-refractivity contribution in [2.24, 2.45) is 34.0 Å². The molecule has 20 nitrogen and oxygen atoms in total. The van der Waals surface area contributed by atoms with E-state index in [1.807, 2.05) is 6.92 Å². The van der Waals surface area contributed by atoms with Crippen LogP contribution in [0, 0.1) is 11.8 Å². The Balaban J connectivity index is 1.76. The van der Waals surface area contributed by atoms with Crippen LogP contribution in [0.1, 0.15) is 85.1 Å². The van der Waals surface area contributed by atoms with Crippen LogP contribution >= 0.6 is 0 Å². The number of rotatable bonds is 21. The maximum atomic E-state index is 14.2. The van der Waals surface area contributed by atoms with E-state index in [-0.39, 0.29) is 63.4 Å². The van der Waals surface area contributed by atoms with Crippen LogP contribution < -0.4 is 38.5 Å². The van der Waals surface area contributed by atoms with Gasteiger partial charge < -0.3 is 63.6 Å². The number of hydrogen-bond acceptors (Lipinski definition) is 11. The number of carboxylic acid groups (broad SMARTS) is 1. The van der Waals surface area contributed by atoms with Crippen molar-refractivity contribution in [3.05, 3.63) is 29.8 Å². The third-order valence-corrected chi connectivity index (χ3v) is 11.1. The number of amides is 6. The van der Waals surface area contributed by atoms with Crippen LogP contribution in [0.3, 0.4) is 0 Å². The van der Waals surface area contributed by atoms with Crippen molar-refractivity contribution in [2.45, 2.75) is 134 Å². The zero-order valence-corrected chi connectivity index (χ0v) is 35.1. The van der Waals surface area contributed by atoms with Gasteiger partial charge in [-0.1, -0.05) is 46.2 Å². The number of phenols is 1. The van der Waals surface area contributed by atoms with Crippen LogP contribution in [-0.2, 0) is 40.0 Å². The summed E-state index contributed by atoms with van der Waals surface area (Å²) in [7, 11) is 0. The van der Waals surface area contributed by atoms with Crippen LogP contribution in [0.2, 0.25) is 0 Å². The van der Waals surface area contributed by atoms with Gasteiger partial charge in [0.05, 0.1) is 6.10 Å². The SMILES string of the molecule is CC[C@H](C)[C@H](NC(=O)[C@@H]1CCCN1C(=O)[C@@H](NC(=O)[C@@H]1CCCN1C(=O)[C@H](Cc1ccc(O)cc1)NC(=O)[C@@H](N)[C@@H](C)O)C(C)C)C(=O)N[C@@H](CCCN=C(N)N)C(=O)O. The van der Waals surface area contributed by atoms with Crippen molar-refractivity contribution in [3.63, 3.8) is 0 Å².